The fourth-order valence-corrected chi connectivity index (χ4v) is 5.82. The molecule has 8 nitrogen and oxygen atoms in total. The van der Waals surface area contributed by atoms with Gasteiger partial charge in [-0.2, -0.15) is 0 Å². The molecule has 1 amide bonds. The van der Waals surface area contributed by atoms with Gasteiger partial charge in [-0.3, -0.25) is 14.3 Å². The molecule has 2 rings (SSSR count). The number of benzene rings is 1. The van der Waals surface area contributed by atoms with Crippen LogP contribution < -0.4 is 0 Å². The zero-order valence-corrected chi connectivity index (χ0v) is 24.7. The number of ether oxygens (including phenoxy) is 2. The van der Waals surface area contributed by atoms with Crippen LogP contribution >= 0.6 is 31.2 Å². The molecule has 0 aromatic heterocycles. The summed E-state index contributed by atoms with van der Waals surface area (Å²) < 4.78 is 22.0. The zero-order chi connectivity index (χ0) is 27.9. The number of hydrogen-bond donors (Lipinski definition) is 2. The number of rotatable bonds is 10. The van der Waals surface area contributed by atoms with E-state index >= 15 is 0 Å². The quantitative estimate of drug-likeness (QED) is 0.178. The maximum Gasteiger partial charge on any atom is 0.415 e. The van der Waals surface area contributed by atoms with Gasteiger partial charge in [0.05, 0.1) is 21.5 Å². The average Bonchev–Trinajstić information content (AvgIpc) is 2.78. The Balaban J connectivity index is 2.15. The predicted molar refractivity (Wildman–Crippen MR) is 145 cm³/mol. The third kappa shape index (κ3) is 10.1. The lowest BCUT2D eigenvalue weighted by Crippen LogP contribution is -2.44. The highest BCUT2D eigenvalue weighted by atomic mass is 35.5. The molecule has 1 fully saturated rings. The highest BCUT2D eigenvalue weighted by Gasteiger charge is 2.33. The van der Waals surface area contributed by atoms with Crippen molar-refractivity contribution in [1.82, 2.24) is 4.90 Å². The summed E-state index contributed by atoms with van der Waals surface area (Å²) in [6.45, 7) is 8.28. The topological polar surface area (TPSA) is 113 Å². The first-order valence-electron chi connectivity index (χ1n) is 12.7. The monoisotopic (exact) mass is 579 g/mol. The van der Waals surface area contributed by atoms with E-state index in [1.54, 1.807) is 45.9 Å². The van der Waals surface area contributed by atoms with E-state index in [1.165, 1.54) is 11.8 Å². The van der Waals surface area contributed by atoms with Gasteiger partial charge in [-0.15, -0.1) is 0 Å². The zero-order valence-electron chi connectivity index (χ0n) is 22.2. The number of halogens is 2. The largest absolute Gasteiger partial charge is 0.425 e. The van der Waals surface area contributed by atoms with Crippen molar-refractivity contribution in [3.05, 3.63) is 33.8 Å². The molecular weight excluding hydrogens is 540 g/mol. The lowest BCUT2D eigenvalue weighted by molar-refractivity contribution is -0.177. The van der Waals surface area contributed by atoms with Gasteiger partial charge in [-0.05, 0) is 82.9 Å². The summed E-state index contributed by atoms with van der Waals surface area (Å²) in [6, 6.07) is 4.35. The van der Waals surface area contributed by atoms with Crippen LogP contribution in [0.5, 0.6) is 0 Å². The number of hydrogen-bond acceptors (Lipinski definition) is 6. The molecule has 0 spiro atoms. The molecule has 0 bridgehead atoms. The molecule has 0 aliphatic heterocycles. The van der Waals surface area contributed by atoms with Crippen molar-refractivity contribution < 1.29 is 33.6 Å². The number of carbonyl (C=O) groups is 2. The third-order valence-corrected chi connectivity index (χ3v) is 8.38. The maximum absolute atomic E-state index is 13.3. The second kappa shape index (κ2) is 14.2. The van der Waals surface area contributed by atoms with Crippen molar-refractivity contribution in [3.8, 4) is 0 Å². The first-order chi connectivity index (χ1) is 17.2. The number of amides is 1. The van der Waals surface area contributed by atoms with E-state index in [9.17, 15) is 24.2 Å². The molecule has 11 heteroatoms. The molecule has 210 valence electrons. The lowest BCUT2D eigenvalue weighted by atomic mass is 9.80. The summed E-state index contributed by atoms with van der Waals surface area (Å²) >= 11 is 12.2. The molecule has 5 unspecified atom stereocenters. The van der Waals surface area contributed by atoms with E-state index in [2.05, 4.69) is 0 Å². The Morgan fingerprint density at radius 1 is 1.14 bits per heavy atom. The van der Waals surface area contributed by atoms with Crippen LogP contribution in [0.4, 0.5) is 4.79 Å². The Bertz CT molecular complexity index is 955. The van der Waals surface area contributed by atoms with Crippen molar-refractivity contribution >= 4 is 43.3 Å². The van der Waals surface area contributed by atoms with Gasteiger partial charge in [0.25, 0.3) is 0 Å². The first-order valence-corrected chi connectivity index (χ1v) is 15.1. The fourth-order valence-electron chi connectivity index (χ4n) is 4.65. The van der Waals surface area contributed by atoms with E-state index in [-0.39, 0.29) is 5.92 Å². The molecule has 1 aromatic rings. The van der Waals surface area contributed by atoms with Gasteiger partial charge >= 0.3 is 12.1 Å². The van der Waals surface area contributed by atoms with Crippen molar-refractivity contribution in [1.29, 1.82) is 0 Å². The van der Waals surface area contributed by atoms with Gasteiger partial charge in [0, 0.05) is 13.1 Å². The Morgan fingerprint density at radius 2 is 1.78 bits per heavy atom. The van der Waals surface area contributed by atoms with Gasteiger partial charge in [-0.1, -0.05) is 42.1 Å². The molecule has 1 aliphatic carbocycles. The number of aliphatic hydroxyl groups is 1. The van der Waals surface area contributed by atoms with Crippen molar-refractivity contribution in [2.45, 2.75) is 91.7 Å². The number of esters is 1. The highest BCUT2D eigenvalue weighted by Crippen LogP contribution is 2.37. The van der Waals surface area contributed by atoms with Crippen LogP contribution in [0.2, 0.25) is 10.0 Å². The summed E-state index contributed by atoms with van der Waals surface area (Å²) in [5.41, 5.74) is -0.120. The van der Waals surface area contributed by atoms with Gasteiger partial charge in [-0.25, -0.2) is 4.79 Å². The van der Waals surface area contributed by atoms with Crippen LogP contribution in [0.3, 0.4) is 0 Å². The standard InChI is InChI=1S/C26H40Cl2NO7P/c1-16(20-10-11-21(27)22(28)14-20)29(25(32)36-17(2)35-24(31)26(3,4)5)23(30)12-9-18-7-6-8-19(13-18)15-37(33)34/h10-11,14,16-19,23,30,37H,6-9,12-13,15H2,1-5H3,(H,33,34)/t16-,17?,18?,19?,23?/m0/s1. The second-order valence-electron chi connectivity index (χ2n) is 10.9. The van der Waals surface area contributed by atoms with Gasteiger partial charge < -0.3 is 19.5 Å². The number of carbonyl (C=O) groups excluding carboxylic acids is 2. The van der Waals surface area contributed by atoms with Crippen LogP contribution in [0.1, 0.15) is 84.7 Å². The molecule has 37 heavy (non-hydrogen) atoms. The minimum absolute atomic E-state index is 0.210. The average molecular weight is 580 g/mol. The Hall–Kier alpha value is -1.31. The van der Waals surface area contributed by atoms with Crippen LogP contribution in [0.25, 0.3) is 0 Å². The molecule has 1 saturated carbocycles. The molecular formula is C26H40Cl2NO7P. The Labute approximate surface area is 230 Å². The van der Waals surface area contributed by atoms with E-state index in [1.807, 2.05) is 0 Å². The van der Waals surface area contributed by atoms with Gasteiger partial charge in [0.1, 0.15) is 6.23 Å². The van der Waals surface area contributed by atoms with Crippen molar-refractivity contribution in [2.75, 3.05) is 6.16 Å². The van der Waals surface area contributed by atoms with E-state index in [0.29, 0.717) is 40.5 Å². The predicted octanol–water partition coefficient (Wildman–Crippen LogP) is 6.80. The summed E-state index contributed by atoms with van der Waals surface area (Å²) in [6.07, 6.45) is 1.83. The van der Waals surface area contributed by atoms with Crippen LogP contribution in [-0.2, 0) is 18.8 Å². The first kappa shape index (κ1) is 31.9. The third-order valence-electron chi connectivity index (χ3n) is 6.72. The number of aliphatic hydroxyl groups excluding tert-OH is 1. The summed E-state index contributed by atoms with van der Waals surface area (Å²) in [4.78, 5) is 36.0. The molecule has 0 saturated heterocycles. The summed E-state index contributed by atoms with van der Waals surface area (Å²) in [7, 11) is -2.51. The normalized spacial score (nSPS) is 21.4. The molecule has 1 aliphatic rings. The minimum atomic E-state index is -2.51. The van der Waals surface area contributed by atoms with Crippen LogP contribution in [-0.4, -0.2) is 45.6 Å². The molecule has 0 radical (unpaired) electrons. The highest BCUT2D eigenvalue weighted by molar-refractivity contribution is 7.38. The minimum Gasteiger partial charge on any atom is -0.425 e. The smallest absolute Gasteiger partial charge is 0.415 e. The molecule has 0 heterocycles. The van der Waals surface area contributed by atoms with Gasteiger partial charge in [0.15, 0.2) is 8.03 Å². The second-order valence-corrected chi connectivity index (χ2v) is 12.9. The van der Waals surface area contributed by atoms with Crippen molar-refractivity contribution in [2.24, 2.45) is 17.3 Å². The maximum atomic E-state index is 13.3. The lowest BCUT2D eigenvalue weighted by Gasteiger charge is -2.35. The molecule has 1 aromatic carbocycles. The fraction of sp³-hybridized carbons (Fsp3) is 0.692. The Morgan fingerprint density at radius 3 is 2.38 bits per heavy atom. The van der Waals surface area contributed by atoms with Crippen molar-refractivity contribution in [3.63, 3.8) is 0 Å². The van der Waals surface area contributed by atoms with E-state index in [0.717, 1.165) is 25.7 Å². The summed E-state index contributed by atoms with van der Waals surface area (Å²) in [5.74, 6) is -0.0175. The summed E-state index contributed by atoms with van der Waals surface area (Å²) in [5, 5.41) is 11.9. The van der Waals surface area contributed by atoms with E-state index < -0.39 is 44.1 Å². The van der Waals surface area contributed by atoms with Gasteiger partial charge in [0.2, 0.25) is 6.29 Å². The SMILES string of the molecule is CC(OC(=O)N(C(O)CCC1CCCC(C[PH](=O)O)C1)[C@@H](C)c1ccc(Cl)c(Cl)c1)OC(=O)C(C)(C)C. The van der Waals surface area contributed by atoms with Crippen LogP contribution in [0.15, 0.2) is 18.2 Å². The van der Waals surface area contributed by atoms with Crippen LogP contribution in [0, 0.1) is 17.3 Å². The van der Waals surface area contributed by atoms with E-state index in [4.69, 9.17) is 32.7 Å². The molecule has 2 N–H and O–H groups in total. The molecule has 6 atom stereocenters. The number of nitrogens with zero attached hydrogens (tertiary/aromatic N) is 1. The Kier molecular flexibility index (Phi) is 12.2.